The van der Waals surface area contributed by atoms with Gasteiger partial charge >= 0.3 is 0 Å². The Hall–Kier alpha value is -2.85. The number of pyridine rings is 1. The third kappa shape index (κ3) is 4.34. The fourth-order valence-corrected chi connectivity index (χ4v) is 4.60. The fourth-order valence-electron chi connectivity index (χ4n) is 3.44. The highest BCUT2D eigenvalue weighted by Crippen LogP contribution is 2.21. The van der Waals surface area contributed by atoms with Crippen molar-refractivity contribution >= 4 is 32.8 Å². The number of piperidine rings is 1. The van der Waals surface area contributed by atoms with Crippen LogP contribution in [0.4, 0.5) is 11.9 Å². The van der Waals surface area contributed by atoms with Gasteiger partial charge in [0.25, 0.3) is 0 Å². The predicted octanol–water partition coefficient (Wildman–Crippen LogP) is 1.95. The zero-order valence-corrected chi connectivity index (χ0v) is 17.9. The highest BCUT2D eigenvalue weighted by molar-refractivity contribution is 7.89. The summed E-state index contributed by atoms with van der Waals surface area (Å²) in [7, 11) is -0.0915. The number of rotatable bonds is 6. The second-order valence-corrected chi connectivity index (χ2v) is 9.18. The quantitative estimate of drug-likeness (QED) is 0.637. The molecule has 0 saturated carbocycles. The van der Waals surface area contributed by atoms with Crippen LogP contribution in [0.5, 0.6) is 0 Å². The molecule has 0 unspecified atom stereocenters. The number of nitrogens with one attached hydrogen (secondary N) is 1. The zero-order chi connectivity index (χ0) is 21.1. The lowest BCUT2D eigenvalue weighted by Gasteiger charge is -2.27. The van der Waals surface area contributed by atoms with Crippen LogP contribution in [-0.2, 0) is 16.6 Å². The average molecular weight is 428 g/mol. The van der Waals surface area contributed by atoms with Gasteiger partial charge in [0.1, 0.15) is 4.90 Å². The highest BCUT2D eigenvalue weighted by atomic mass is 32.2. The first-order valence-electron chi connectivity index (χ1n) is 9.95. The minimum atomic E-state index is -3.80. The van der Waals surface area contributed by atoms with Crippen molar-refractivity contribution in [3.05, 3.63) is 42.4 Å². The van der Waals surface area contributed by atoms with E-state index < -0.39 is 10.0 Å². The molecule has 0 bridgehead atoms. The molecular weight excluding hydrogens is 402 g/mol. The van der Waals surface area contributed by atoms with Gasteiger partial charge in [-0.15, -0.1) is 0 Å². The van der Waals surface area contributed by atoms with Crippen molar-refractivity contribution in [1.29, 1.82) is 0 Å². The van der Waals surface area contributed by atoms with E-state index >= 15 is 0 Å². The van der Waals surface area contributed by atoms with Gasteiger partial charge in [-0.2, -0.15) is 15.0 Å². The molecule has 9 nitrogen and oxygen atoms in total. The van der Waals surface area contributed by atoms with Crippen molar-refractivity contribution in [2.45, 2.75) is 30.7 Å². The molecule has 1 aliphatic rings. The molecule has 30 heavy (non-hydrogen) atoms. The van der Waals surface area contributed by atoms with Crippen molar-refractivity contribution in [3.8, 4) is 0 Å². The fraction of sp³-hybridized carbons (Fsp3) is 0.400. The molecule has 0 amide bonds. The van der Waals surface area contributed by atoms with Crippen LogP contribution in [0.1, 0.15) is 25.1 Å². The van der Waals surface area contributed by atoms with E-state index in [0.29, 0.717) is 23.2 Å². The summed E-state index contributed by atoms with van der Waals surface area (Å²) in [5.74, 6) is 1.48. The van der Waals surface area contributed by atoms with Gasteiger partial charge < -0.3 is 9.80 Å². The normalized spacial score (nSPS) is 14.8. The Morgan fingerprint density at radius 3 is 2.57 bits per heavy atom. The first kappa shape index (κ1) is 20.4. The second-order valence-electron chi connectivity index (χ2n) is 7.45. The molecule has 158 valence electrons. The van der Waals surface area contributed by atoms with E-state index in [0.717, 1.165) is 31.3 Å². The van der Waals surface area contributed by atoms with Crippen molar-refractivity contribution in [1.82, 2.24) is 24.7 Å². The number of nitrogens with zero attached hydrogens (tertiary/aromatic N) is 6. The van der Waals surface area contributed by atoms with Crippen LogP contribution in [0.3, 0.4) is 0 Å². The lowest BCUT2D eigenvalue weighted by Crippen LogP contribution is -2.33. The van der Waals surface area contributed by atoms with E-state index in [-0.39, 0.29) is 11.4 Å². The van der Waals surface area contributed by atoms with Gasteiger partial charge in [-0.25, -0.2) is 13.1 Å². The van der Waals surface area contributed by atoms with Crippen molar-refractivity contribution in [2.24, 2.45) is 0 Å². The number of fused-ring (bicyclic) bond motifs is 1. The standard InChI is InChI=1S/C20H25N7O2S/c1-26(2)19-23-17(24-20(25-19)27-12-4-3-5-13-27)14-22-30(28,29)16-10-6-8-15-9-7-11-21-18(15)16/h6-11,22H,3-5,12-14H2,1-2H3. The van der Waals surface area contributed by atoms with Gasteiger partial charge in [0.05, 0.1) is 12.1 Å². The van der Waals surface area contributed by atoms with Gasteiger partial charge in [0.2, 0.25) is 21.9 Å². The van der Waals surface area contributed by atoms with Crippen LogP contribution in [0.25, 0.3) is 10.9 Å². The van der Waals surface area contributed by atoms with Crippen molar-refractivity contribution in [2.75, 3.05) is 37.0 Å². The Kier molecular flexibility index (Phi) is 5.78. The molecule has 3 aromatic rings. The molecule has 3 heterocycles. The van der Waals surface area contributed by atoms with Crippen LogP contribution in [-0.4, -0.2) is 55.5 Å². The first-order valence-corrected chi connectivity index (χ1v) is 11.4. The molecule has 0 aliphatic carbocycles. The minimum absolute atomic E-state index is 0.0320. The molecule has 1 aromatic carbocycles. The number of aromatic nitrogens is 4. The molecule has 0 spiro atoms. The summed E-state index contributed by atoms with van der Waals surface area (Å²) in [4.78, 5) is 21.8. The van der Waals surface area contributed by atoms with Crippen LogP contribution in [0.2, 0.25) is 0 Å². The Balaban J connectivity index is 1.61. The molecular formula is C20H25N7O2S. The highest BCUT2D eigenvalue weighted by Gasteiger charge is 2.21. The summed E-state index contributed by atoms with van der Waals surface area (Å²) in [5, 5.41) is 0.766. The van der Waals surface area contributed by atoms with Crippen LogP contribution >= 0.6 is 0 Å². The summed E-state index contributed by atoms with van der Waals surface area (Å²) in [6.45, 7) is 1.75. The lowest BCUT2D eigenvalue weighted by atomic mass is 10.1. The van der Waals surface area contributed by atoms with E-state index in [9.17, 15) is 8.42 Å². The third-order valence-corrected chi connectivity index (χ3v) is 6.44. The van der Waals surface area contributed by atoms with Gasteiger partial charge in [-0.3, -0.25) is 4.98 Å². The summed E-state index contributed by atoms with van der Waals surface area (Å²) < 4.78 is 28.6. The van der Waals surface area contributed by atoms with E-state index in [4.69, 9.17) is 0 Å². The van der Waals surface area contributed by atoms with Crippen LogP contribution in [0, 0.1) is 0 Å². The summed E-state index contributed by atoms with van der Waals surface area (Å²) in [6.07, 6.45) is 4.98. The maximum absolute atomic E-state index is 13.0. The molecule has 1 saturated heterocycles. The molecule has 2 aromatic heterocycles. The Morgan fingerprint density at radius 1 is 1.03 bits per heavy atom. The number of hydrogen-bond donors (Lipinski definition) is 1. The van der Waals surface area contributed by atoms with Gasteiger partial charge in [0, 0.05) is 38.8 Å². The molecule has 1 aliphatic heterocycles. The predicted molar refractivity (Wildman–Crippen MR) is 116 cm³/mol. The largest absolute Gasteiger partial charge is 0.347 e. The molecule has 4 rings (SSSR count). The van der Waals surface area contributed by atoms with Crippen LogP contribution < -0.4 is 14.5 Å². The number of benzene rings is 1. The Bertz CT molecular complexity index is 1140. The summed E-state index contributed by atoms with van der Waals surface area (Å²) in [5.41, 5.74) is 0.436. The zero-order valence-electron chi connectivity index (χ0n) is 17.1. The van der Waals surface area contributed by atoms with E-state index in [1.54, 1.807) is 29.3 Å². The van der Waals surface area contributed by atoms with Gasteiger partial charge in [0.15, 0.2) is 5.82 Å². The van der Waals surface area contributed by atoms with Crippen molar-refractivity contribution < 1.29 is 8.42 Å². The topological polar surface area (TPSA) is 104 Å². The average Bonchev–Trinajstić information content (AvgIpc) is 2.77. The smallest absolute Gasteiger partial charge is 0.243 e. The molecule has 0 radical (unpaired) electrons. The Labute approximate surface area is 176 Å². The number of anilines is 2. The van der Waals surface area contributed by atoms with Gasteiger partial charge in [-0.05, 0) is 31.4 Å². The third-order valence-electron chi connectivity index (χ3n) is 5.00. The first-order chi connectivity index (χ1) is 14.4. The molecule has 1 fully saturated rings. The van der Waals surface area contributed by atoms with Crippen LogP contribution in [0.15, 0.2) is 41.4 Å². The maximum atomic E-state index is 13.0. The number of hydrogen-bond acceptors (Lipinski definition) is 8. The van der Waals surface area contributed by atoms with E-state index in [1.807, 2.05) is 26.2 Å². The van der Waals surface area contributed by atoms with Crippen molar-refractivity contribution in [3.63, 3.8) is 0 Å². The van der Waals surface area contributed by atoms with E-state index in [2.05, 4.69) is 29.6 Å². The monoisotopic (exact) mass is 427 g/mol. The maximum Gasteiger partial charge on any atom is 0.243 e. The number of sulfonamides is 1. The summed E-state index contributed by atoms with van der Waals surface area (Å²) in [6, 6.07) is 8.71. The molecule has 0 atom stereocenters. The minimum Gasteiger partial charge on any atom is -0.347 e. The lowest BCUT2D eigenvalue weighted by molar-refractivity contribution is 0.563. The SMILES string of the molecule is CN(C)c1nc(CNS(=O)(=O)c2cccc3cccnc23)nc(N2CCCCC2)n1. The van der Waals surface area contributed by atoms with Gasteiger partial charge in [-0.1, -0.05) is 18.2 Å². The number of para-hydroxylation sites is 1. The second kappa shape index (κ2) is 8.49. The Morgan fingerprint density at radius 2 is 1.80 bits per heavy atom. The summed E-state index contributed by atoms with van der Waals surface area (Å²) >= 11 is 0. The van der Waals surface area contributed by atoms with E-state index in [1.165, 1.54) is 6.42 Å². The molecule has 1 N–H and O–H groups in total. The molecule has 10 heteroatoms.